The summed E-state index contributed by atoms with van der Waals surface area (Å²) >= 11 is 0. The molecule has 1 aromatic carbocycles. The normalized spacial score (nSPS) is 19.3. The van der Waals surface area contributed by atoms with Gasteiger partial charge in [0.05, 0.1) is 12.7 Å². The van der Waals surface area contributed by atoms with Gasteiger partial charge in [0.15, 0.2) is 0 Å². The van der Waals surface area contributed by atoms with E-state index in [-0.39, 0.29) is 0 Å². The molecule has 0 spiro atoms. The van der Waals surface area contributed by atoms with Gasteiger partial charge in [-0.2, -0.15) is 5.10 Å². The predicted octanol–water partition coefficient (Wildman–Crippen LogP) is 2.61. The fourth-order valence-electron chi connectivity index (χ4n) is 2.64. The van der Waals surface area contributed by atoms with Crippen LogP contribution in [-0.4, -0.2) is 22.4 Å². The van der Waals surface area contributed by atoms with Gasteiger partial charge in [-0.25, -0.2) is 0 Å². The van der Waals surface area contributed by atoms with Crippen LogP contribution in [-0.2, 0) is 6.54 Å². The monoisotopic (exact) mass is 241 g/mol. The first-order chi connectivity index (χ1) is 8.83. The Morgan fingerprint density at radius 3 is 3.06 bits per heavy atom. The number of benzene rings is 1. The van der Waals surface area contributed by atoms with E-state index in [1.54, 1.807) is 0 Å². The quantitative estimate of drug-likeness (QED) is 0.895. The number of rotatable bonds is 3. The van der Waals surface area contributed by atoms with E-state index in [0.29, 0.717) is 6.04 Å². The van der Waals surface area contributed by atoms with Gasteiger partial charge >= 0.3 is 0 Å². The Morgan fingerprint density at radius 1 is 1.39 bits per heavy atom. The highest BCUT2D eigenvalue weighted by Crippen LogP contribution is 2.22. The van der Waals surface area contributed by atoms with Crippen molar-refractivity contribution in [2.24, 2.45) is 0 Å². The maximum absolute atomic E-state index is 4.47. The van der Waals surface area contributed by atoms with Gasteiger partial charge in [-0.15, -0.1) is 0 Å². The van der Waals surface area contributed by atoms with Crippen LogP contribution >= 0.6 is 0 Å². The van der Waals surface area contributed by atoms with Gasteiger partial charge in [-0.1, -0.05) is 24.3 Å². The summed E-state index contributed by atoms with van der Waals surface area (Å²) in [7, 11) is 0. The molecule has 0 bridgehead atoms. The molecule has 1 aromatic heterocycles. The van der Waals surface area contributed by atoms with Crippen molar-refractivity contribution in [2.45, 2.75) is 32.4 Å². The maximum Gasteiger partial charge on any atom is 0.0568 e. The summed E-state index contributed by atoms with van der Waals surface area (Å²) in [6.07, 6.45) is 6.68. The average Bonchev–Trinajstić information content (AvgIpc) is 3.02. The fourth-order valence-corrected chi connectivity index (χ4v) is 2.64. The molecule has 1 aliphatic rings. The lowest BCUT2D eigenvalue weighted by molar-refractivity contribution is 0.476. The van der Waals surface area contributed by atoms with Crippen molar-refractivity contribution in [2.75, 3.05) is 6.54 Å². The van der Waals surface area contributed by atoms with E-state index in [2.05, 4.69) is 52.5 Å². The van der Waals surface area contributed by atoms with Crippen molar-refractivity contribution in [1.82, 2.24) is 15.1 Å². The Labute approximate surface area is 108 Å². The summed E-state index contributed by atoms with van der Waals surface area (Å²) in [5, 5.41) is 7.98. The summed E-state index contributed by atoms with van der Waals surface area (Å²) in [6.45, 7) is 4.27. The van der Waals surface area contributed by atoms with Crippen molar-refractivity contribution in [3.05, 3.63) is 42.2 Å². The van der Waals surface area contributed by atoms with Gasteiger partial charge < -0.3 is 5.32 Å². The van der Waals surface area contributed by atoms with E-state index in [9.17, 15) is 0 Å². The van der Waals surface area contributed by atoms with Gasteiger partial charge in [0.25, 0.3) is 0 Å². The van der Waals surface area contributed by atoms with E-state index in [4.69, 9.17) is 0 Å². The van der Waals surface area contributed by atoms with E-state index in [1.165, 1.54) is 29.5 Å². The second kappa shape index (κ2) is 4.94. The minimum absolute atomic E-state index is 0.592. The molecule has 1 unspecified atom stereocenters. The fraction of sp³-hybridized carbons (Fsp3) is 0.400. The number of hydrogen-bond acceptors (Lipinski definition) is 2. The van der Waals surface area contributed by atoms with E-state index in [1.807, 2.05) is 6.20 Å². The Morgan fingerprint density at radius 2 is 2.28 bits per heavy atom. The summed E-state index contributed by atoms with van der Waals surface area (Å²) in [5.41, 5.74) is 3.80. The largest absolute Gasteiger partial charge is 0.312 e. The average molecular weight is 241 g/mol. The Kier molecular flexibility index (Phi) is 3.15. The lowest BCUT2D eigenvalue weighted by Crippen LogP contribution is -2.26. The highest BCUT2D eigenvalue weighted by atomic mass is 15.3. The Hall–Kier alpha value is -1.61. The predicted molar refractivity (Wildman–Crippen MR) is 73.4 cm³/mol. The number of aromatic nitrogens is 2. The van der Waals surface area contributed by atoms with Crippen molar-refractivity contribution in [1.29, 1.82) is 0 Å². The van der Waals surface area contributed by atoms with Crippen LogP contribution in [0.2, 0.25) is 0 Å². The Balaban J connectivity index is 1.79. The zero-order valence-electron chi connectivity index (χ0n) is 10.8. The van der Waals surface area contributed by atoms with Crippen LogP contribution < -0.4 is 5.32 Å². The second-order valence-electron chi connectivity index (χ2n) is 5.06. The smallest absolute Gasteiger partial charge is 0.0568 e. The molecule has 2 heterocycles. The first kappa shape index (κ1) is 11.5. The van der Waals surface area contributed by atoms with Crippen molar-refractivity contribution in [3.8, 4) is 11.1 Å². The molecule has 1 saturated heterocycles. The van der Waals surface area contributed by atoms with Gasteiger partial charge in [0.1, 0.15) is 0 Å². The topological polar surface area (TPSA) is 29.9 Å². The van der Waals surface area contributed by atoms with Crippen LogP contribution in [0.3, 0.4) is 0 Å². The van der Waals surface area contributed by atoms with Crippen LogP contribution in [0.1, 0.15) is 18.4 Å². The van der Waals surface area contributed by atoms with Crippen molar-refractivity contribution < 1.29 is 0 Å². The van der Waals surface area contributed by atoms with E-state index >= 15 is 0 Å². The summed E-state index contributed by atoms with van der Waals surface area (Å²) < 4.78 is 2.06. The van der Waals surface area contributed by atoms with E-state index in [0.717, 1.165) is 13.1 Å². The second-order valence-corrected chi connectivity index (χ2v) is 5.06. The molecule has 1 aliphatic heterocycles. The van der Waals surface area contributed by atoms with Gasteiger partial charge in [-0.05, 0) is 37.4 Å². The van der Waals surface area contributed by atoms with E-state index < -0.39 is 0 Å². The molecule has 0 aliphatic carbocycles. The van der Waals surface area contributed by atoms with Crippen LogP contribution in [0.15, 0.2) is 36.7 Å². The van der Waals surface area contributed by atoms with Gasteiger partial charge in [0.2, 0.25) is 0 Å². The molecule has 0 saturated carbocycles. The highest BCUT2D eigenvalue weighted by Gasteiger charge is 2.15. The van der Waals surface area contributed by atoms with Crippen molar-refractivity contribution >= 4 is 0 Å². The third-order valence-corrected chi connectivity index (χ3v) is 3.66. The number of nitrogens with zero attached hydrogens (tertiary/aromatic N) is 2. The lowest BCUT2D eigenvalue weighted by atomic mass is 10.0. The molecule has 3 heteroatoms. The SMILES string of the molecule is Cc1ccccc1-c1cnn(CC2CCCN2)c1. The third kappa shape index (κ3) is 2.31. The maximum atomic E-state index is 4.47. The molecule has 94 valence electrons. The molecule has 2 aromatic rings. The molecular formula is C15H19N3. The molecule has 0 amide bonds. The summed E-state index contributed by atoms with van der Waals surface area (Å²) in [4.78, 5) is 0. The third-order valence-electron chi connectivity index (χ3n) is 3.66. The molecule has 3 nitrogen and oxygen atoms in total. The van der Waals surface area contributed by atoms with Crippen LogP contribution in [0.5, 0.6) is 0 Å². The van der Waals surface area contributed by atoms with Crippen LogP contribution in [0.25, 0.3) is 11.1 Å². The number of hydrogen-bond donors (Lipinski definition) is 1. The summed E-state index contributed by atoms with van der Waals surface area (Å²) in [5.74, 6) is 0. The molecular weight excluding hydrogens is 222 g/mol. The minimum atomic E-state index is 0.592. The first-order valence-electron chi connectivity index (χ1n) is 6.65. The van der Waals surface area contributed by atoms with Gasteiger partial charge in [0, 0.05) is 17.8 Å². The van der Waals surface area contributed by atoms with Crippen molar-refractivity contribution in [3.63, 3.8) is 0 Å². The molecule has 3 rings (SSSR count). The highest BCUT2D eigenvalue weighted by molar-refractivity contribution is 5.65. The number of nitrogens with one attached hydrogen (secondary N) is 1. The molecule has 18 heavy (non-hydrogen) atoms. The standard InChI is InChI=1S/C15H19N3/c1-12-5-2-3-7-15(12)13-9-17-18(10-13)11-14-6-4-8-16-14/h2-3,5,7,9-10,14,16H,4,6,8,11H2,1H3. The molecule has 1 fully saturated rings. The van der Waals surface area contributed by atoms with Crippen LogP contribution in [0.4, 0.5) is 0 Å². The van der Waals surface area contributed by atoms with Gasteiger partial charge in [-0.3, -0.25) is 4.68 Å². The number of aryl methyl sites for hydroxylation is 1. The lowest BCUT2D eigenvalue weighted by Gasteiger charge is -2.09. The zero-order valence-corrected chi connectivity index (χ0v) is 10.8. The summed E-state index contributed by atoms with van der Waals surface area (Å²) in [6, 6.07) is 9.05. The molecule has 0 radical (unpaired) electrons. The molecule has 1 N–H and O–H groups in total. The zero-order chi connectivity index (χ0) is 12.4. The molecule has 1 atom stereocenters. The van der Waals surface area contributed by atoms with Crippen LogP contribution in [0, 0.1) is 6.92 Å². The Bertz CT molecular complexity index is 524. The minimum Gasteiger partial charge on any atom is -0.312 e. The first-order valence-corrected chi connectivity index (χ1v) is 6.65.